The summed E-state index contributed by atoms with van der Waals surface area (Å²) in [7, 11) is 2.96. The number of hydrogen-bond acceptors (Lipinski definition) is 3. The number of nitrogens with zero attached hydrogens (tertiary/aromatic N) is 1. The number of esters is 1. The molecule has 2 aromatic carbocycles. The van der Waals surface area contributed by atoms with Crippen LogP contribution in [0, 0.1) is 0 Å². The van der Waals surface area contributed by atoms with Gasteiger partial charge in [-0.3, -0.25) is 4.99 Å². The maximum atomic E-state index is 12.6. The summed E-state index contributed by atoms with van der Waals surface area (Å²) >= 11 is 0. The molecule has 5 nitrogen and oxygen atoms in total. The van der Waals surface area contributed by atoms with E-state index in [1.165, 1.54) is 19.2 Å². The lowest BCUT2D eigenvalue weighted by Gasteiger charge is -2.13. The number of nitrogens with one attached hydrogen (secondary N) is 2. The van der Waals surface area contributed by atoms with Gasteiger partial charge in [-0.1, -0.05) is 24.3 Å². The van der Waals surface area contributed by atoms with Crippen LogP contribution in [0.15, 0.2) is 53.5 Å². The van der Waals surface area contributed by atoms with Crippen LogP contribution in [0.25, 0.3) is 0 Å². The van der Waals surface area contributed by atoms with Crippen molar-refractivity contribution in [2.24, 2.45) is 4.99 Å². The molecule has 0 aliphatic carbocycles. The Kier molecular flexibility index (Phi) is 7.43. The third-order valence-electron chi connectivity index (χ3n) is 4.05. The van der Waals surface area contributed by atoms with E-state index in [1.54, 1.807) is 19.2 Å². The first kappa shape index (κ1) is 21.3. The van der Waals surface area contributed by atoms with Crippen molar-refractivity contribution in [2.45, 2.75) is 19.1 Å². The molecule has 0 aliphatic rings. The number of carbonyl (C=O) groups is 1. The first-order chi connectivity index (χ1) is 13.3. The van der Waals surface area contributed by atoms with Gasteiger partial charge < -0.3 is 15.4 Å². The standard InChI is InChI=1S/C20H22F3N3O2/c1-24-19(26-13-15-5-9-17(10-6-15)20(21,22)23)25-12-11-14-3-7-16(8-4-14)18(27)28-2/h3-10H,11-13H2,1-2H3,(H2,24,25,26). The van der Waals surface area contributed by atoms with Gasteiger partial charge in [0.1, 0.15) is 0 Å². The molecular formula is C20H22F3N3O2. The van der Waals surface area contributed by atoms with Gasteiger partial charge in [0.25, 0.3) is 0 Å². The Balaban J connectivity index is 1.79. The average Bonchev–Trinajstić information content (AvgIpc) is 2.70. The van der Waals surface area contributed by atoms with Gasteiger partial charge in [-0.2, -0.15) is 13.2 Å². The Morgan fingerprint density at radius 3 is 2.14 bits per heavy atom. The lowest BCUT2D eigenvalue weighted by Crippen LogP contribution is -2.37. The van der Waals surface area contributed by atoms with E-state index < -0.39 is 11.7 Å². The zero-order valence-electron chi connectivity index (χ0n) is 15.6. The Bertz CT molecular complexity index is 801. The molecule has 0 unspecified atom stereocenters. The predicted octanol–water partition coefficient (Wildman–Crippen LogP) is 3.40. The molecule has 0 atom stereocenters. The van der Waals surface area contributed by atoms with Gasteiger partial charge in [0.05, 0.1) is 18.2 Å². The number of aliphatic imine (C=N–C) groups is 1. The van der Waals surface area contributed by atoms with E-state index in [4.69, 9.17) is 0 Å². The SMILES string of the molecule is CN=C(NCCc1ccc(C(=O)OC)cc1)NCc1ccc(C(F)(F)F)cc1. The minimum Gasteiger partial charge on any atom is -0.465 e. The van der Waals surface area contributed by atoms with Crippen LogP contribution >= 0.6 is 0 Å². The number of methoxy groups -OCH3 is 1. The fourth-order valence-corrected chi connectivity index (χ4v) is 2.47. The quantitative estimate of drug-likeness (QED) is 0.449. The molecule has 0 radical (unpaired) electrons. The first-order valence-corrected chi connectivity index (χ1v) is 8.61. The molecule has 150 valence electrons. The van der Waals surface area contributed by atoms with Crippen LogP contribution in [0.5, 0.6) is 0 Å². The van der Waals surface area contributed by atoms with Crippen molar-refractivity contribution in [3.8, 4) is 0 Å². The fraction of sp³-hybridized carbons (Fsp3) is 0.300. The lowest BCUT2D eigenvalue weighted by molar-refractivity contribution is -0.137. The van der Waals surface area contributed by atoms with Crippen molar-refractivity contribution >= 4 is 11.9 Å². The third-order valence-corrected chi connectivity index (χ3v) is 4.05. The predicted molar refractivity (Wildman–Crippen MR) is 101 cm³/mol. The number of halogens is 3. The van der Waals surface area contributed by atoms with E-state index >= 15 is 0 Å². The van der Waals surface area contributed by atoms with Gasteiger partial charge in [-0.25, -0.2) is 4.79 Å². The van der Waals surface area contributed by atoms with E-state index in [-0.39, 0.29) is 5.97 Å². The van der Waals surface area contributed by atoms with E-state index in [0.717, 1.165) is 17.7 Å². The molecule has 0 aromatic heterocycles. The second-order valence-corrected chi connectivity index (χ2v) is 5.99. The summed E-state index contributed by atoms with van der Waals surface area (Å²) in [6.45, 7) is 0.954. The van der Waals surface area contributed by atoms with Crippen LogP contribution in [0.3, 0.4) is 0 Å². The maximum Gasteiger partial charge on any atom is 0.416 e. The fourth-order valence-electron chi connectivity index (χ4n) is 2.47. The van der Waals surface area contributed by atoms with Crippen LogP contribution in [0.1, 0.15) is 27.0 Å². The highest BCUT2D eigenvalue weighted by atomic mass is 19.4. The molecule has 0 fully saturated rings. The first-order valence-electron chi connectivity index (χ1n) is 8.61. The molecule has 2 rings (SSSR count). The molecule has 0 saturated carbocycles. The minimum atomic E-state index is -4.33. The number of guanidine groups is 1. The number of rotatable bonds is 6. The number of alkyl halides is 3. The molecular weight excluding hydrogens is 371 g/mol. The Morgan fingerprint density at radius 2 is 1.61 bits per heavy atom. The highest BCUT2D eigenvalue weighted by molar-refractivity contribution is 5.89. The lowest BCUT2D eigenvalue weighted by atomic mass is 10.1. The summed E-state index contributed by atoms with van der Waals surface area (Å²) in [5.41, 5.74) is 1.58. The molecule has 2 N–H and O–H groups in total. The van der Waals surface area contributed by atoms with Crippen LogP contribution in [-0.4, -0.2) is 32.6 Å². The minimum absolute atomic E-state index is 0.353. The van der Waals surface area contributed by atoms with Crippen molar-refractivity contribution in [2.75, 3.05) is 20.7 Å². The third kappa shape index (κ3) is 6.29. The largest absolute Gasteiger partial charge is 0.465 e. The molecule has 0 bridgehead atoms. The zero-order chi connectivity index (χ0) is 20.6. The van der Waals surface area contributed by atoms with Crippen molar-refractivity contribution in [3.05, 3.63) is 70.8 Å². The smallest absolute Gasteiger partial charge is 0.416 e. The van der Waals surface area contributed by atoms with Crippen LogP contribution in [-0.2, 0) is 23.9 Å². The molecule has 28 heavy (non-hydrogen) atoms. The van der Waals surface area contributed by atoms with Gasteiger partial charge in [0, 0.05) is 20.1 Å². The van der Waals surface area contributed by atoms with E-state index in [0.29, 0.717) is 36.6 Å². The Labute approximate surface area is 161 Å². The van der Waals surface area contributed by atoms with Gasteiger partial charge >= 0.3 is 12.1 Å². The summed E-state index contributed by atoms with van der Waals surface area (Å²) < 4.78 is 42.4. The van der Waals surface area contributed by atoms with Gasteiger partial charge in [0.2, 0.25) is 0 Å². The van der Waals surface area contributed by atoms with Gasteiger partial charge in [-0.15, -0.1) is 0 Å². The summed E-state index contributed by atoms with van der Waals surface area (Å²) in [6, 6.07) is 12.1. The average molecular weight is 393 g/mol. The Hall–Kier alpha value is -3.03. The highest BCUT2D eigenvalue weighted by Gasteiger charge is 2.29. The van der Waals surface area contributed by atoms with Crippen LogP contribution in [0.4, 0.5) is 13.2 Å². The van der Waals surface area contributed by atoms with E-state index in [9.17, 15) is 18.0 Å². The normalized spacial score (nSPS) is 11.8. The molecule has 2 aromatic rings. The molecule has 8 heteroatoms. The Morgan fingerprint density at radius 1 is 1.00 bits per heavy atom. The maximum absolute atomic E-state index is 12.6. The second kappa shape index (κ2) is 9.77. The molecule has 0 heterocycles. The van der Waals surface area contributed by atoms with E-state index in [2.05, 4.69) is 20.4 Å². The number of carbonyl (C=O) groups excluding carboxylic acids is 1. The summed E-state index contributed by atoms with van der Waals surface area (Å²) in [5, 5.41) is 6.20. The van der Waals surface area contributed by atoms with Crippen molar-refractivity contribution < 1.29 is 22.7 Å². The summed E-state index contributed by atoms with van der Waals surface area (Å²) in [5.74, 6) is 0.170. The summed E-state index contributed by atoms with van der Waals surface area (Å²) in [6.07, 6.45) is -3.62. The number of hydrogen-bond donors (Lipinski definition) is 2. The highest BCUT2D eigenvalue weighted by Crippen LogP contribution is 2.29. The van der Waals surface area contributed by atoms with Gasteiger partial charge in [0.15, 0.2) is 5.96 Å². The van der Waals surface area contributed by atoms with E-state index in [1.807, 2.05) is 12.1 Å². The number of ether oxygens (including phenoxy) is 1. The monoisotopic (exact) mass is 393 g/mol. The van der Waals surface area contributed by atoms with Crippen LogP contribution in [0.2, 0.25) is 0 Å². The van der Waals surface area contributed by atoms with Crippen LogP contribution < -0.4 is 10.6 Å². The van der Waals surface area contributed by atoms with Crippen molar-refractivity contribution in [1.82, 2.24) is 10.6 Å². The summed E-state index contributed by atoms with van der Waals surface area (Å²) in [4.78, 5) is 15.5. The van der Waals surface area contributed by atoms with Crippen molar-refractivity contribution in [1.29, 1.82) is 0 Å². The second-order valence-electron chi connectivity index (χ2n) is 5.99. The number of benzene rings is 2. The molecule has 0 amide bonds. The molecule has 0 spiro atoms. The zero-order valence-corrected chi connectivity index (χ0v) is 15.6. The molecule has 0 saturated heterocycles. The topological polar surface area (TPSA) is 62.7 Å². The molecule has 0 aliphatic heterocycles. The van der Waals surface area contributed by atoms with Gasteiger partial charge in [-0.05, 0) is 41.8 Å². The van der Waals surface area contributed by atoms with Crippen molar-refractivity contribution in [3.63, 3.8) is 0 Å².